The maximum atomic E-state index is 12.6. The van der Waals surface area contributed by atoms with E-state index >= 15 is 0 Å². The van der Waals surface area contributed by atoms with Crippen LogP contribution in [0.4, 0.5) is 0 Å². The SMILES string of the molecule is CCCC(NC(=O)COC(=O)[C@@H](NC(=O)c1ccccc1C)C(C)C)c1ccccc1. The predicted octanol–water partition coefficient (Wildman–Crippen LogP) is 3.95. The van der Waals surface area contributed by atoms with Crippen LogP contribution in [0.5, 0.6) is 0 Å². The first-order valence-corrected chi connectivity index (χ1v) is 10.7. The van der Waals surface area contributed by atoms with Gasteiger partial charge in [-0.2, -0.15) is 0 Å². The van der Waals surface area contributed by atoms with Crippen LogP contribution >= 0.6 is 0 Å². The minimum Gasteiger partial charge on any atom is -0.454 e. The molecule has 2 N–H and O–H groups in total. The van der Waals surface area contributed by atoms with Gasteiger partial charge in [0.1, 0.15) is 6.04 Å². The molecule has 0 saturated heterocycles. The Balaban J connectivity index is 1.95. The minimum atomic E-state index is -0.847. The highest BCUT2D eigenvalue weighted by molar-refractivity contribution is 5.98. The third kappa shape index (κ3) is 7.24. The summed E-state index contributed by atoms with van der Waals surface area (Å²) in [4.78, 5) is 37.6. The van der Waals surface area contributed by atoms with Gasteiger partial charge in [-0.25, -0.2) is 4.79 Å². The van der Waals surface area contributed by atoms with E-state index in [0.717, 1.165) is 24.0 Å². The zero-order valence-electron chi connectivity index (χ0n) is 18.7. The van der Waals surface area contributed by atoms with E-state index in [0.29, 0.717) is 5.56 Å². The Labute approximate surface area is 184 Å². The molecule has 0 aromatic heterocycles. The van der Waals surface area contributed by atoms with E-state index < -0.39 is 18.6 Å². The highest BCUT2D eigenvalue weighted by Crippen LogP contribution is 2.18. The van der Waals surface area contributed by atoms with Gasteiger partial charge in [0.2, 0.25) is 0 Å². The van der Waals surface area contributed by atoms with Gasteiger partial charge in [0.05, 0.1) is 6.04 Å². The maximum absolute atomic E-state index is 12.6. The van der Waals surface area contributed by atoms with Crippen molar-refractivity contribution in [2.45, 2.75) is 52.6 Å². The number of rotatable bonds is 10. The number of aryl methyl sites for hydroxylation is 1. The molecule has 1 unspecified atom stereocenters. The predicted molar refractivity (Wildman–Crippen MR) is 120 cm³/mol. The van der Waals surface area contributed by atoms with Gasteiger partial charge in [0.25, 0.3) is 11.8 Å². The molecule has 166 valence electrons. The minimum absolute atomic E-state index is 0.140. The fourth-order valence-electron chi connectivity index (χ4n) is 3.30. The summed E-state index contributed by atoms with van der Waals surface area (Å²) >= 11 is 0. The van der Waals surface area contributed by atoms with Crippen LogP contribution in [0.25, 0.3) is 0 Å². The van der Waals surface area contributed by atoms with Crippen molar-refractivity contribution in [2.24, 2.45) is 5.92 Å². The van der Waals surface area contributed by atoms with Crippen molar-refractivity contribution in [3.8, 4) is 0 Å². The average Bonchev–Trinajstić information content (AvgIpc) is 2.76. The standard InChI is InChI=1S/C25H32N2O4/c1-5-11-21(19-13-7-6-8-14-19)26-22(28)16-31-25(30)23(17(2)3)27-24(29)20-15-10-9-12-18(20)4/h6-10,12-15,17,21,23H,5,11,16H2,1-4H3,(H,26,28)(H,27,29)/t21?,23-/m0/s1. The van der Waals surface area contributed by atoms with Crippen molar-refractivity contribution in [1.29, 1.82) is 0 Å². The van der Waals surface area contributed by atoms with Gasteiger partial charge in [-0.3, -0.25) is 9.59 Å². The molecule has 2 rings (SSSR count). The Morgan fingerprint density at radius 2 is 1.58 bits per heavy atom. The summed E-state index contributed by atoms with van der Waals surface area (Å²) in [6, 6.07) is 15.9. The highest BCUT2D eigenvalue weighted by Gasteiger charge is 2.27. The van der Waals surface area contributed by atoms with E-state index in [1.807, 2.05) is 70.2 Å². The first kappa shape index (κ1) is 24.1. The van der Waals surface area contributed by atoms with Crippen LogP contribution in [-0.4, -0.2) is 30.4 Å². The average molecular weight is 425 g/mol. The fraction of sp³-hybridized carbons (Fsp3) is 0.400. The van der Waals surface area contributed by atoms with E-state index in [2.05, 4.69) is 10.6 Å². The van der Waals surface area contributed by atoms with Gasteiger partial charge < -0.3 is 15.4 Å². The third-order valence-electron chi connectivity index (χ3n) is 5.06. The second kappa shape index (κ2) is 11.9. The van der Waals surface area contributed by atoms with Crippen LogP contribution in [0.3, 0.4) is 0 Å². The van der Waals surface area contributed by atoms with E-state index in [-0.39, 0.29) is 23.8 Å². The molecule has 2 atom stereocenters. The summed E-state index contributed by atoms with van der Waals surface area (Å²) in [7, 11) is 0. The van der Waals surface area contributed by atoms with Crippen molar-refractivity contribution in [3.05, 3.63) is 71.3 Å². The second-order valence-corrected chi connectivity index (χ2v) is 7.94. The molecule has 0 aliphatic heterocycles. The molecule has 0 fully saturated rings. The highest BCUT2D eigenvalue weighted by atomic mass is 16.5. The lowest BCUT2D eigenvalue weighted by molar-refractivity contribution is -0.151. The molecule has 6 heteroatoms. The van der Waals surface area contributed by atoms with E-state index in [1.165, 1.54) is 0 Å². The Morgan fingerprint density at radius 1 is 0.935 bits per heavy atom. The Hall–Kier alpha value is -3.15. The normalized spacial score (nSPS) is 12.7. The first-order valence-electron chi connectivity index (χ1n) is 10.7. The fourth-order valence-corrected chi connectivity index (χ4v) is 3.30. The lowest BCUT2D eigenvalue weighted by Gasteiger charge is -2.22. The van der Waals surface area contributed by atoms with Gasteiger partial charge in [-0.05, 0) is 36.5 Å². The molecule has 0 heterocycles. The topological polar surface area (TPSA) is 84.5 Å². The Morgan fingerprint density at radius 3 is 2.19 bits per heavy atom. The number of esters is 1. The summed E-state index contributed by atoms with van der Waals surface area (Å²) in [6.45, 7) is 7.12. The molecule has 31 heavy (non-hydrogen) atoms. The number of carbonyl (C=O) groups is 3. The molecular formula is C25H32N2O4. The lowest BCUT2D eigenvalue weighted by atomic mass is 10.0. The van der Waals surface area contributed by atoms with Gasteiger partial charge in [0, 0.05) is 5.56 Å². The smallest absolute Gasteiger partial charge is 0.329 e. The Bertz CT molecular complexity index is 880. The van der Waals surface area contributed by atoms with Crippen LogP contribution < -0.4 is 10.6 Å². The number of ether oxygens (including phenoxy) is 1. The van der Waals surface area contributed by atoms with Crippen molar-refractivity contribution < 1.29 is 19.1 Å². The summed E-state index contributed by atoms with van der Waals surface area (Å²) in [5.74, 6) is -1.53. The number of nitrogens with one attached hydrogen (secondary N) is 2. The number of hydrogen-bond donors (Lipinski definition) is 2. The first-order chi connectivity index (χ1) is 14.8. The van der Waals surface area contributed by atoms with E-state index in [1.54, 1.807) is 12.1 Å². The van der Waals surface area contributed by atoms with Crippen molar-refractivity contribution >= 4 is 17.8 Å². The summed E-state index contributed by atoms with van der Waals surface area (Å²) in [6.07, 6.45) is 1.69. The van der Waals surface area contributed by atoms with Crippen LogP contribution in [0.15, 0.2) is 54.6 Å². The molecule has 0 aliphatic rings. The molecule has 0 aliphatic carbocycles. The van der Waals surface area contributed by atoms with Gasteiger partial charge in [-0.15, -0.1) is 0 Å². The summed E-state index contributed by atoms with van der Waals surface area (Å²) in [5.41, 5.74) is 2.33. The molecule has 0 saturated carbocycles. The molecule has 6 nitrogen and oxygen atoms in total. The van der Waals surface area contributed by atoms with E-state index in [9.17, 15) is 14.4 Å². The summed E-state index contributed by atoms with van der Waals surface area (Å²) < 4.78 is 5.24. The van der Waals surface area contributed by atoms with Crippen molar-refractivity contribution in [1.82, 2.24) is 10.6 Å². The molecule has 0 radical (unpaired) electrons. The van der Waals surface area contributed by atoms with Gasteiger partial charge in [-0.1, -0.05) is 75.7 Å². The number of carbonyl (C=O) groups excluding carboxylic acids is 3. The van der Waals surface area contributed by atoms with Crippen LogP contribution in [-0.2, 0) is 14.3 Å². The number of amides is 2. The van der Waals surface area contributed by atoms with Gasteiger partial charge in [0.15, 0.2) is 6.61 Å². The number of benzene rings is 2. The van der Waals surface area contributed by atoms with Crippen molar-refractivity contribution in [2.75, 3.05) is 6.61 Å². The summed E-state index contributed by atoms with van der Waals surface area (Å²) in [5, 5.41) is 5.67. The van der Waals surface area contributed by atoms with E-state index in [4.69, 9.17) is 4.74 Å². The third-order valence-corrected chi connectivity index (χ3v) is 5.06. The van der Waals surface area contributed by atoms with Crippen LogP contribution in [0.1, 0.15) is 61.1 Å². The van der Waals surface area contributed by atoms with Gasteiger partial charge >= 0.3 is 5.97 Å². The van der Waals surface area contributed by atoms with Crippen LogP contribution in [0, 0.1) is 12.8 Å². The zero-order valence-corrected chi connectivity index (χ0v) is 18.7. The molecule has 2 aromatic rings. The number of hydrogen-bond acceptors (Lipinski definition) is 4. The largest absolute Gasteiger partial charge is 0.454 e. The quantitative estimate of drug-likeness (QED) is 0.566. The van der Waals surface area contributed by atoms with Crippen LogP contribution in [0.2, 0.25) is 0 Å². The Kier molecular flexibility index (Phi) is 9.25. The monoisotopic (exact) mass is 424 g/mol. The maximum Gasteiger partial charge on any atom is 0.329 e. The van der Waals surface area contributed by atoms with Crippen molar-refractivity contribution in [3.63, 3.8) is 0 Å². The molecule has 0 spiro atoms. The zero-order chi connectivity index (χ0) is 22.8. The molecule has 2 amide bonds. The second-order valence-electron chi connectivity index (χ2n) is 7.94. The molecular weight excluding hydrogens is 392 g/mol. The molecule has 2 aromatic carbocycles. The lowest BCUT2D eigenvalue weighted by Crippen LogP contribution is -2.46. The molecule has 0 bridgehead atoms.